The maximum absolute atomic E-state index is 8.88. The molecule has 0 spiro atoms. The highest BCUT2D eigenvalue weighted by atomic mass is 35.5. The van der Waals surface area contributed by atoms with E-state index in [1.165, 1.54) is 11.3 Å². The Bertz CT molecular complexity index is 586. The Morgan fingerprint density at radius 2 is 2.12 bits per heavy atom. The molecular formula is C12H10ClN3S. The normalized spacial score (nSPS) is 9.94. The molecule has 0 saturated heterocycles. The zero-order valence-electron chi connectivity index (χ0n) is 9.14. The maximum Gasteiger partial charge on any atom is 0.0992 e. The third kappa shape index (κ3) is 2.36. The highest BCUT2D eigenvalue weighted by molar-refractivity contribution is 7.20. The van der Waals surface area contributed by atoms with Gasteiger partial charge in [-0.1, -0.05) is 11.6 Å². The van der Waals surface area contributed by atoms with Gasteiger partial charge in [0.05, 0.1) is 32.3 Å². The number of anilines is 3. The van der Waals surface area contributed by atoms with Gasteiger partial charge in [-0.3, -0.25) is 0 Å². The maximum atomic E-state index is 8.88. The van der Waals surface area contributed by atoms with Crippen molar-refractivity contribution in [2.24, 2.45) is 0 Å². The smallest absolute Gasteiger partial charge is 0.0992 e. The standard InChI is InChI=1S/C12H10ClN3S/c1-16(12-5-4-11(13)17-12)10-6-8(7-14)2-3-9(10)15/h2-6H,15H2,1H3. The average Bonchev–Trinajstić information content (AvgIpc) is 2.76. The van der Waals surface area contributed by atoms with Gasteiger partial charge in [0, 0.05) is 7.05 Å². The lowest BCUT2D eigenvalue weighted by Crippen LogP contribution is -2.10. The predicted octanol–water partition coefficient (Wildman–Crippen LogP) is 3.62. The second kappa shape index (κ2) is 4.66. The first-order chi connectivity index (χ1) is 8.11. The second-order valence-electron chi connectivity index (χ2n) is 3.52. The van der Waals surface area contributed by atoms with Crippen LogP contribution in [0.15, 0.2) is 30.3 Å². The predicted molar refractivity (Wildman–Crippen MR) is 73.0 cm³/mol. The van der Waals surface area contributed by atoms with E-state index >= 15 is 0 Å². The molecule has 0 aliphatic carbocycles. The van der Waals surface area contributed by atoms with Crippen LogP contribution in [0.4, 0.5) is 16.4 Å². The Labute approximate surface area is 109 Å². The minimum absolute atomic E-state index is 0.587. The van der Waals surface area contributed by atoms with Gasteiger partial charge < -0.3 is 10.6 Å². The lowest BCUT2D eigenvalue weighted by molar-refractivity contribution is 1.24. The summed E-state index contributed by atoms with van der Waals surface area (Å²) in [6.45, 7) is 0. The molecule has 0 aliphatic rings. The molecule has 0 aliphatic heterocycles. The molecule has 0 saturated carbocycles. The molecule has 0 unspecified atom stereocenters. The van der Waals surface area contributed by atoms with Crippen molar-refractivity contribution in [3.63, 3.8) is 0 Å². The lowest BCUT2D eigenvalue weighted by Gasteiger charge is -2.19. The Morgan fingerprint density at radius 1 is 1.35 bits per heavy atom. The first kappa shape index (κ1) is 11.8. The van der Waals surface area contributed by atoms with Crippen molar-refractivity contribution < 1.29 is 0 Å². The quantitative estimate of drug-likeness (QED) is 0.842. The molecule has 1 aromatic carbocycles. The summed E-state index contributed by atoms with van der Waals surface area (Å²) in [7, 11) is 1.90. The molecule has 0 bridgehead atoms. The third-order valence-corrected chi connectivity index (χ3v) is 3.72. The molecule has 86 valence electrons. The zero-order chi connectivity index (χ0) is 12.4. The van der Waals surface area contributed by atoms with Crippen LogP contribution in [0.3, 0.4) is 0 Å². The van der Waals surface area contributed by atoms with E-state index < -0.39 is 0 Å². The lowest BCUT2D eigenvalue weighted by atomic mass is 10.2. The second-order valence-corrected chi connectivity index (χ2v) is 5.22. The molecule has 0 amide bonds. The summed E-state index contributed by atoms with van der Waals surface area (Å²) in [6.07, 6.45) is 0. The van der Waals surface area contributed by atoms with Crippen LogP contribution in [0.25, 0.3) is 0 Å². The van der Waals surface area contributed by atoms with Crippen LogP contribution in [-0.4, -0.2) is 7.05 Å². The SMILES string of the molecule is CN(c1ccc(Cl)s1)c1cc(C#N)ccc1N. The Hall–Kier alpha value is -1.70. The highest BCUT2D eigenvalue weighted by Gasteiger charge is 2.10. The van der Waals surface area contributed by atoms with Gasteiger partial charge in [-0.05, 0) is 30.3 Å². The summed E-state index contributed by atoms with van der Waals surface area (Å²) in [5.41, 5.74) is 7.94. The minimum atomic E-state index is 0.587. The Morgan fingerprint density at radius 3 is 2.71 bits per heavy atom. The molecule has 2 N–H and O–H groups in total. The average molecular weight is 264 g/mol. The van der Waals surface area contributed by atoms with E-state index in [1.807, 2.05) is 24.1 Å². The van der Waals surface area contributed by atoms with E-state index in [0.29, 0.717) is 11.3 Å². The number of nitrogen functional groups attached to an aromatic ring is 1. The van der Waals surface area contributed by atoms with Crippen molar-refractivity contribution in [3.05, 3.63) is 40.2 Å². The van der Waals surface area contributed by atoms with Crippen LogP contribution < -0.4 is 10.6 Å². The van der Waals surface area contributed by atoms with Crippen LogP contribution in [0.5, 0.6) is 0 Å². The number of hydrogen-bond acceptors (Lipinski definition) is 4. The summed E-state index contributed by atoms with van der Waals surface area (Å²) in [4.78, 5) is 1.92. The van der Waals surface area contributed by atoms with E-state index in [-0.39, 0.29) is 0 Å². The van der Waals surface area contributed by atoms with Gasteiger partial charge in [-0.25, -0.2) is 0 Å². The van der Waals surface area contributed by atoms with Crippen molar-refractivity contribution in [3.8, 4) is 6.07 Å². The van der Waals surface area contributed by atoms with Crippen LogP contribution in [0.2, 0.25) is 4.34 Å². The number of hydrogen-bond donors (Lipinski definition) is 1. The number of thiophene rings is 1. The van der Waals surface area contributed by atoms with Crippen molar-refractivity contribution in [2.75, 3.05) is 17.7 Å². The molecule has 0 fully saturated rings. The molecule has 0 atom stereocenters. The molecule has 2 rings (SSSR count). The fourth-order valence-electron chi connectivity index (χ4n) is 1.51. The number of nitrogens with zero attached hydrogens (tertiary/aromatic N) is 2. The fourth-order valence-corrected chi connectivity index (χ4v) is 2.51. The van der Waals surface area contributed by atoms with E-state index in [1.54, 1.807) is 18.2 Å². The number of nitriles is 1. The molecule has 17 heavy (non-hydrogen) atoms. The van der Waals surface area contributed by atoms with Crippen LogP contribution in [0.1, 0.15) is 5.56 Å². The fraction of sp³-hybridized carbons (Fsp3) is 0.0833. The Balaban J connectivity index is 2.43. The molecule has 0 radical (unpaired) electrons. The van der Waals surface area contributed by atoms with Gasteiger partial charge in [0.1, 0.15) is 0 Å². The summed E-state index contributed by atoms with van der Waals surface area (Å²) >= 11 is 7.36. The summed E-state index contributed by atoms with van der Waals surface area (Å²) in [5, 5.41) is 9.86. The molecule has 1 heterocycles. The van der Waals surface area contributed by atoms with E-state index in [4.69, 9.17) is 22.6 Å². The zero-order valence-corrected chi connectivity index (χ0v) is 10.7. The van der Waals surface area contributed by atoms with E-state index in [0.717, 1.165) is 15.0 Å². The Kier molecular flexibility index (Phi) is 3.23. The van der Waals surface area contributed by atoms with Gasteiger partial charge >= 0.3 is 0 Å². The van der Waals surface area contributed by atoms with Gasteiger partial charge in [-0.15, -0.1) is 11.3 Å². The summed E-state index contributed by atoms with van der Waals surface area (Å²) < 4.78 is 0.724. The molecule has 3 nitrogen and oxygen atoms in total. The molecule has 5 heteroatoms. The van der Waals surface area contributed by atoms with Crippen molar-refractivity contribution in [1.29, 1.82) is 5.26 Å². The minimum Gasteiger partial charge on any atom is -0.397 e. The topological polar surface area (TPSA) is 53.0 Å². The summed E-state index contributed by atoms with van der Waals surface area (Å²) in [6, 6.07) is 11.1. The first-order valence-electron chi connectivity index (χ1n) is 4.90. The van der Waals surface area contributed by atoms with Crippen LogP contribution >= 0.6 is 22.9 Å². The van der Waals surface area contributed by atoms with Crippen LogP contribution in [-0.2, 0) is 0 Å². The van der Waals surface area contributed by atoms with Crippen molar-refractivity contribution in [2.45, 2.75) is 0 Å². The third-order valence-electron chi connectivity index (χ3n) is 2.41. The molecular weight excluding hydrogens is 254 g/mol. The molecule has 2 aromatic rings. The largest absolute Gasteiger partial charge is 0.397 e. The highest BCUT2D eigenvalue weighted by Crippen LogP contribution is 2.35. The molecule has 1 aromatic heterocycles. The number of benzene rings is 1. The first-order valence-corrected chi connectivity index (χ1v) is 6.10. The van der Waals surface area contributed by atoms with E-state index in [2.05, 4.69) is 6.07 Å². The number of nitrogens with two attached hydrogens (primary N) is 1. The van der Waals surface area contributed by atoms with Crippen molar-refractivity contribution >= 4 is 39.3 Å². The van der Waals surface area contributed by atoms with Gasteiger partial charge in [-0.2, -0.15) is 5.26 Å². The number of halogens is 1. The van der Waals surface area contributed by atoms with Crippen molar-refractivity contribution in [1.82, 2.24) is 0 Å². The van der Waals surface area contributed by atoms with Gasteiger partial charge in [0.15, 0.2) is 0 Å². The monoisotopic (exact) mass is 263 g/mol. The summed E-state index contributed by atoms with van der Waals surface area (Å²) in [5.74, 6) is 0. The van der Waals surface area contributed by atoms with Crippen LogP contribution in [0, 0.1) is 11.3 Å². The van der Waals surface area contributed by atoms with E-state index in [9.17, 15) is 0 Å². The number of rotatable bonds is 2. The van der Waals surface area contributed by atoms with Gasteiger partial charge in [0.25, 0.3) is 0 Å². The van der Waals surface area contributed by atoms with Gasteiger partial charge in [0.2, 0.25) is 0 Å².